The van der Waals surface area contributed by atoms with Gasteiger partial charge in [-0.3, -0.25) is 10.1 Å². The number of rotatable bonds is 12. The number of hydrogen-bond acceptors (Lipinski definition) is 5. The van der Waals surface area contributed by atoms with Gasteiger partial charge in [0.2, 0.25) is 0 Å². The maximum Gasteiger partial charge on any atom is 0.330 e. The molecular formula is C21H29N5O4S. The Balaban J connectivity index is 2.31. The molecule has 2 aromatic rings. The van der Waals surface area contributed by atoms with E-state index in [1.54, 1.807) is 36.4 Å². The van der Waals surface area contributed by atoms with Gasteiger partial charge in [0, 0.05) is 17.8 Å². The Hall–Kier alpha value is -3.11. The minimum Gasteiger partial charge on any atom is -0.479 e. The number of carboxylic acids is 1. The lowest BCUT2D eigenvalue weighted by molar-refractivity contribution is -0.138. The van der Waals surface area contributed by atoms with Crippen molar-refractivity contribution < 1.29 is 18.3 Å². The van der Waals surface area contributed by atoms with Crippen LogP contribution >= 0.6 is 0 Å². The zero-order valence-electron chi connectivity index (χ0n) is 17.6. The molecule has 1 atom stereocenters. The third kappa shape index (κ3) is 7.26. The molecule has 0 aromatic heterocycles. The summed E-state index contributed by atoms with van der Waals surface area (Å²) in [6.45, 7) is 4.19. The van der Waals surface area contributed by atoms with Gasteiger partial charge in [0.25, 0.3) is 10.2 Å². The van der Waals surface area contributed by atoms with Crippen molar-refractivity contribution in [2.45, 2.75) is 39.2 Å². The topological polar surface area (TPSA) is 157 Å². The van der Waals surface area contributed by atoms with E-state index in [1.807, 2.05) is 13.8 Å². The summed E-state index contributed by atoms with van der Waals surface area (Å²) >= 11 is 0. The highest BCUT2D eigenvalue weighted by molar-refractivity contribution is 7.90. The summed E-state index contributed by atoms with van der Waals surface area (Å²) in [4.78, 5) is 12.0. The van der Waals surface area contributed by atoms with Crippen molar-refractivity contribution in [2.24, 2.45) is 5.73 Å². The smallest absolute Gasteiger partial charge is 0.330 e. The molecule has 0 fully saturated rings. The number of carbonyl (C=O) groups is 1. The SMILES string of the molecule is CCCCNS(=O)(=O)Nc1cc(CC)cc(C(Nc2ccc(C(=N)N)cc2)C(=O)O)c1. The van der Waals surface area contributed by atoms with Crippen LogP contribution < -0.4 is 20.5 Å². The Labute approximate surface area is 182 Å². The molecule has 31 heavy (non-hydrogen) atoms. The van der Waals surface area contributed by atoms with Crippen molar-refractivity contribution in [1.29, 1.82) is 5.41 Å². The Bertz CT molecular complexity index is 1020. The van der Waals surface area contributed by atoms with Gasteiger partial charge >= 0.3 is 5.97 Å². The molecule has 2 rings (SSSR count). The van der Waals surface area contributed by atoms with Gasteiger partial charge in [-0.2, -0.15) is 13.1 Å². The average molecular weight is 448 g/mol. The normalized spacial score (nSPS) is 12.2. The number of nitrogens with two attached hydrogens (primary N) is 1. The van der Waals surface area contributed by atoms with Crippen LogP contribution in [-0.2, 0) is 21.4 Å². The van der Waals surface area contributed by atoms with Crippen LogP contribution in [0.5, 0.6) is 0 Å². The molecule has 0 spiro atoms. The molecule has 0 aliphatic carbocycles. The van der Waals surface area contributed by atoms with Crippen LogP contribution in [0.3, 0.4) is 0 Å². The monoisotopic (exact) mass is 447 g/mol. The van der Waals surface area contributed by atoms with E-state index >= 15 is 0 Å². The predicted octanol–water partition coefficient (Wildman–Crippen LogP) is 2.82. The number of amidine groups is 1. The Kier molecular flexibility index (Phi) is 8.40. The summed E-state index contributed by atoms with van der Waals surface area (Å²) in [6.07, 6.45) is 2.18. The van der Waals surface area contributed by atoms with Crippen molar-refractivity contribution in [2.75, 3.05) is 16.6 Å². The third-order valence-electron chi connectivity index (χ3n) is 4.59. The molecular weight excluding hydrogens is 418 g/mol. The van der Waals surface area contributed by atoms with E-state index in [2.05, 4.69) is 14.8 Å². The highest BCUT2D eigenvalue weighted by Crippen LogP contribution is 2.25. The average Bonchev–Trinajstić information content (AvgIpc) is 2.71. The number of carboxylic acid groups (broad SMARTS) is 1. The lowest BCUT2D eigenvalue weighted by Gasteiger charge is -2.19. The fraction of sp³-hybridized carbons (Fsp3) is 0.333. The van der Waals surface area contributed by atoms with E-state index in [0.717, 1.165) is 12.0 Å². The van der Waals surface area contributed by atoms with Gasteiger partial charge in [-0.25, -0.2) is 4.79 Å². The van der Waals surface area contributed by atoms with Gasteiger partial charge in [-0.05, 0) is 60.4 Å². The van der Waals surface area contributed by atoms with Gasteiger partial charge in [0.15, 0.2) is 6.04 Å². The molecule has 10 heteroatoms. The van der Waals surface area contributed by atoms with Gasteiger partial charge < -0.3 is 16.2 Å². The Morgan fingerprint density at radius 2 is 1.81 bits per heavy atom. The number of nitrogen functional groups attached to an aromatic ring is 1. The summed E-state index contributed by atoms with van der Waals surface area (Å²) < 4.78 is 29.5. The molecule has 0 saturated heterocycles. The summed E-state index contributed by atoms with van der Waals surface area (Å²) in [5, 5.41) is 20.2. The first-order chi connectivity index (χ1) is 14.6. The van der Waals surface area contributed by atoms with Gasteiger partial charge in [0.1, 0.15) is 5.84 Å². The van der Waals surface area contributed by atoms with Crippen molar-refractivity contribution in [3.63, 3.8) is 0 Å². The first-order valence-electron chi connectivity index (χ1n) is 10.00. The second-order valence-electron chi connectivity index (χ2n) is 7.08. The molecule has 2 aromatic carbocycles. The summed E-state index contributed by atoms with van der Waals surface area (Å²) in [7, 11) is -3.77. The van der Waals surface area contributed by atoms with E-state index in [9.17, 15) is 18.3 Å². The highest BCUT2D eigenvalue weighted by atomic mass is 32.2. The Morgan fingerprint density at radius 1 is 1.13 bits per heavy atom. The fourth-order valence-corrected chi connectivity index (χ4v) is 3.84. The van der Waals surface area contributed by atoms with Crippen LogP contribution in [0.15, 0.2) is 42.5 Å². The molecule has 0 saturated carbocycles. The first kappa shape index (κ1) is 24.2. The predicted molar refractivity (Wildman–Crippen MR) is 123 cm³/mol. The van der Waals surface area contributed by atoms with E-state index in [4.69, 9.17) is 11.1 Å². The molecule has 0 heterocycles. The van der Waals surface area contributed by atoms with Crippen molar-refractivity contribution >= 4 is 33.4 Å². The quantitative estimate of drug-likeness (QED) is 0.167. The van der Waals surface area contributed by atoms with Crippen molar-refractivity contribution in [3.05, 3.63) is 59.2 Å². The van der Waals surface area contributed by atoms with Crippen LogP contribution in [-0.4, -0.2) is 31.9 Å². The zero-order valence-corrected chi connectivity index (χ0v) is 18.4. The number of nitrogens with one attached hydrogen (secondary N) is 4. The molecule has 0 bridgehead atoms. The van der Waals surface area contributed by atoms with Crippen molar-refractivity contribution in [1.82, 2.24) is 4.72 Å². The summed E-state index contributed by atoms with van der Waals surface area (Å²) in [5.74, 6) is -1.19. The summed E-state index contributed by atoms with van der Waals surface area (Å²) in [6, 6.07) is 10.3. The van der Waals surface area contributed by atoms with Gasteiger partial charge in [-0.1, -0.05) is 26.3 Å². The standard InChI is InChI=1S/C21H29N5O4S/c1-3-5-10-24-31(29,30)26-18-12-14(4-2)11-16(13-18)19(21(27)28)25-17-8-6-15(7-9-17)20(22)23/h6-9,11-13,19,24-26H,3-5,10H2,1-2H3,(H3,22,23)(H,27,28). The van der Waals surface area contributed by atoms with Crippen molar-refractivity contribution in [3.8, 4) is 0 Å². The molecule has 7 N–H and O–H groups in total. The number of benzene rings is 2. The molecule has 9 nitrogen and oxygen atoms in total. The second-order valence-corrected chi connectivity index (χ2v) is 8.58. The van der Waals surface area contributed by atoms with E-state index < -0.39 is 22.2 Å². The molecule has 0 amide bonds. The maximum atomic E-state index is 12.3. The molecule has 0 aliphatic heterocycles. The number of aliphatic carboxylic acids is 1. The summed E-state index contributed by atoms with van der Waals surface area (Å²) in [5.41, 5.74) is 8.00. The van der Waals surface area contributed by atoms with Crippen LogP contribution in [0.4, 0.5) is 11.4 Å². The van der Waals surface area contributed by atoms with Gasteiger partial charge in [0.05, 0.1) is 5.69 Å². The van der Waals surface area contributed by atoms with Crippen LogP contribution in [0.1, 0.15) is 49.4 Å². The van der Waals surface area contributed by atoms with E-state index in [0.29, 0.717) is 41.9 Å². The maximum absolute atomic E-state index is 12.3. The molecule has 0 aliphatic rings. The minimum absolute atomic E-state index is 0.0820. The lowest BCUT2D eigenvalue weighted by atomic mass is 10.0. The first-order valence-corrected chi connectivity index (χ1v) is 11.5. The Morgan fingerprint density at radius 3 is 2.35 bits per heavy atom. The molecule has 168 valence electrons. The van der Waals surface area contributed by atoms with Crippen LogP contribution in [0, 0.1) is 5.41 Å². The number of unbranched alkanes of at least 4 members (excludes halogenated alkanes) is 1. The fourth-order valence-electron chi connectivity index (χ4n) is 2.92. The second kappa shape index (κ2) is 10.8. The van der Waals surface area contributed by atoms with E-state index in [-0.39, 0.29) is 5.84 Å². The number of anilines is 2. The third-order valence-corrected chi connectivity index (χ3v) is 5.67. The number of hydrogen-bond donors (Lipinski definition) is 6. The zero-order chi connectivity index (χ0) is 23.0. The highest BCUT2D eigenvalue weighted by Gasteiger charge is 2.22. The molecule has 0 radical (unpaired) electrons. The molecule has 1 unspecified atom stereocenters. The van der Waals surface area contributed by atoms with E-state index in [1.165, 1.54) is 6.07 Å². The lowest BCUT2D eigenvalue weighted by Crippen LogP contribution is -2.31. The largest absolute Gasteiger partial charge is 0.479 e. The number of aryl methyl sites for hydroxylation is 1. The van der Waals surface area contributed by atoms with Gasteiger partial charge in [-0.15, -0.1) is 0 Å². The van der Waals surface area contributed by atoms with Crippen LogP contribution in [0.2, 0.25) is 0 Å². The minimum atomic E-state index is -3.77. The van der Waals surface area contributed by atoms with Crippen LogP contribution in [0.25, 0.3) is 0 Å².